The van der Waals surface area contributed by atoms with E-state index in [1.54, 1.807) is 12.1 Å². The number of nitriles is 1. The minimum absolute atomic E-state index is 0.133. The van der Waals surface area contributed by atoms with E-state index in [-0.39, 0.29) is 17.4 Å². The fourth-order valence-corrected chi connectivity index (χ4v) is 2.53. The quantitative estimate of drug-likeness (QED) is 0.919. The fraction of sp³-hybridized carbons (Fsp3) is 0.467. The molecular weight excluding hydrogens is 260 g/mol. The Morgan fingerprint density at radius 1 is 1.42 bits per heavy atom. The van der Waals surface area contributed by atoms with Crippen molar-refractivity contribution in [3.05, 3.63) is 34.9 Å². The second-order valence-corrected chi connectivity index (χ2v) is 6.26. The minimum atomic E-state index is -0.867. The molecule has 0 saturated heterocycles. The van der Waals surface area contributed by atoms with Crippen LogP contribution in [0.4, 0.5) is 0 Å². The van der Waals surface area contributed by atoms with E-state index < -0.39 is 5.41 Å². The Morgan fingerprint density at radius 3 is 2.37 bits per heavy atom. The lowest BCUT2D eigenvalue weighted by Crippen LogP contribution is -2.35. The Labute approximate surface area is 118 Å². The SMILES string of the molecule is CC(NC(=O)C1(C#N)CC1(C)C)c1ccc(Cl)cc1. The zero-order valence-electron chi connectivity index (χ0n) is 11.3. The van der Waals surface area contributed by atoms with E-state index in [1.165, 1.54) is 0 Å². The maximum atomic E-state index is 12.3. The molecule has 0 aliphatic heterocycles. The molecule has 1 aliphatic rings. The van der Waals surface area contributed by atoms with Crippen LogP contribution in [0.25, 0.3) is 0 Å². The molecule has 0 spiro atoms. The summed E-state index contributed by atoms with van der Waals surface area (Å²) in [5.74, 6) is -0.178. The van der Waals surface area contributed by atoms with Crippen molar-refractivity contribution in [2.45, 2.75) is 33.2 Å². The standard InChI is InChI=1S/C15H17ClN2O/c1-10(11-4-6-12(16)7-5-11)18-13(19)15(9-17)8-14(15,2)3/h4-7,10H,8H2,1-3H3,(H,18,19). The molecule has 3 nitrogen and oxygen atoms in total. The van der Waals surface area contributed by atoms with E-state index in [9.17, 15) is 10.1 Å². The summed E-state index contributed by atoms with van der Waals surface area (Å²) in [4.78, 5) is 12.3. The molecule has 100 valence electrons. The van der Waals surface area contributed by atoms with Gasteiger partial charge >= 0.3 is 0 Å². The van der Waals surface area contributed by atoms with E-state index in [4.69, 9.17) is 11.6 Å². The average molecular weight is 277 g/mol. The van der Waals surface area contributed by atoms with Crippen LogP contribution in [-0.4, -0.2) is 5.91 Å². The highest BCUT2D eigenvalue weighted by atomic mass is 35.5. The molecule has 0 heterocycles. The Kier molecular flexibility index (Phi) is 3.32. The number of amides is 1. The Balaban J connectivity index is 2.08. The van der Waals surface area contributed by atoms with Crippen molar-refractivity contribution >= 4 is 17.5 Å². The summed E-state index contributed by atoms with van der Waals surface area (Å²) in [6.45, 7) is 5.80. The molecule has 4 heteroatoms. The number of carbonyl (C=O) groups excluding carboxylic acids is 1. The van der Waals surface area contributed by atoms with E-state index in [2.05, 4.69) is 11.4 Å². The predicted octanol–water partition coefficient (Wildman–Crippen LogP) is 3.46. The normalized spacial score (nSPS) is 25.2. The zero-order chi connectivity index (χ0) is 14.3. The number of carbonyl (C=O) groups is 1. The van der Waals surface area contributed by atoms with Crippen LogP contribution in [0.15, 0.2) is 24.3 Å². The first-order valence-corrected chi connectivity index (χ1v) is 6.68. The molecule has 0 aromatic heterocycles. The predicted molar refractivity (Wildman–Crippen MR) is 74.5 cm³/mol. The van der Waals surface area contributed by atoms with Crippen LogP contribution in [0, 0.1) is 22.2 Å². The molecule has 2 unspecified atom stereocenters. The van der Waals surface area contributed by atoms with Gasteiger partial charge in [0.25, 0.3) is 0 Å². The molecule has 19 heavy (non-hydrogen) atoms. The molecule has 0 bridgehead atoms. The van der Waals surface area contributed by atoms with E-state index >= 15 is 0 Å². The zero-order valence-corrected chi connectivity index (χ0v) is 12.1. The van der Waals surface area contributed by atoms with Crippen LogP contribution < -0.4 is 5.32 Å². The van der Waals surface area contributed by atoms with Crippen LogP contribution in [-0.2, 0) is 4.79 Å². The maximum Gasteiger partial charge on any atom is 0.241 e. The van der Waals surface area contributed by atoms with E-state index in [1.807, 2.05) is 32.9 Å². The van der Waals surface area contributed by atoms with Gasteiger partial charge in [-0.3, -0.25) is 4.79 Å². The van der Waals surface area contributed by atoms with Crippen molar-refractivity contribution < 1.29 is 4.79 Å². The van der Waals surface area contributed by atoms with Crippen LogP contribution in [0.1, 0.15) is 38.8 Å². The molecule has 1 aromatic rings. The first-order valence-electron chi connectivity index (χ1n) is 6.30. The fourth-order valence-electron chi connectivity index (χ4n) is 2.40. The summed E-state index contributed by atoms with van der Waals surface area (Å²) in [6, 6.07) is 9.39. The second kappa shape index (κ2) is 4.54. The van der Waals surface area contributed by atoms with Crippen LogP contribution >= 0.6 is 11.6 Å². The summed E-state index contributed by atoms with van der Waals surface area (Å²) in [7, 11) is 0. The summed E-state index contributed by atoms with van der Waals surface area (Å²) in [5.41, 5.74) is -0.122. The number of rotatable bonds is 3. The maximum absolute atomic E-state index is 12.3. The van der Waals surface area contributed by atoms with Gasteiger partial charge in [-0.1, -0.05) is 37.6 Å². The molecule has 0 radical (unpaired) electrons. The monoisotopic (exact) mass is 276 g/mol. The van der Waals surface area contributed by atoms with Gasteiger partial charge < -0.3 is 5.32 Å². The summed E-state index contributed by atoms with van der Waals surface area (Å²) in [5, 5.41) is 12.8. The highest BCUT2D eigenvalue weighted by Gasteiger charge is 2.67. The summed E-state index contributed by atoms with van der Waals surface area (Å²) in [6.07, 6.45) is 0.621. The van der Waals surface area contributed by atoms with Crippen molar-refractivity contribution in [3.8, 4) is 6.07 Å². The van der Waals surface area contributed by atoms with Gasteiger partial charge in [0.05, 0.1) is 12.1 Å². The van der Waals surface area contributed by atoms with Gasteiger partial charge in [-0.2, -0.15) is 5.26 Å². The molecule has 1 N–H and O–H groups in total. The minimum Gasteiger partial charge on any atom is -0.348 e. The molecule has 1 aliphatic carbocycles. The smallest absolute Gasteiger partial charge is 0.241 e. The lowest BCUT2D eigenvalue weighted by atomic mass is 9.96. The highest BCUT2D eigenvalue weighted by molar-refractivity contribution is 6.30. The van der Waals surface area contributed by atoms with Gasteiger partial charge in [0.1, 0.15) is 5.41 Å². The lowest BCUT2D eigenvalue weighted by Gasteiger charge is -2.18. The van der Waals surface area contributed by atoms with Crippen LogP contribution in [0.3, 0.4) is 0 Å². The molecular formula is C15H17ClN2O. The molecule has 1 fully saturated rings. The van der Waals surface area contributed by atoms with Crippen molar-refractivity contribution in [2.24, 2.45) is 10.8 Å². The Hall–Kier alpha value is -1.53. The van der Waals surface area contributed by atoms with E-state index in [0.29, 0.717) is 11.4 Å². The third-order valence-electron chi connectivity index (χ3n) is 4.03. The first kappa shape index (κ1) is 13.9. The Bertz CT molecular complexity index is 544. The number of hydrogen-bond acceptors (Lipinski definition) is 2. The van der Waals surface area contributed by atoms with Gasteiger partial charge in [-0.25, -0.2) is 0 Å². The van der Waals surface area contributed by atoms with Gasteiger partial charge in [0, 0.05) is 5.02 Å². The van der Waals surface area contributed by atoms with Gasteiger partial charge in [0.2, 0.25) is 5.91 Å². The van der Waals surface area contributed by atoms with E-state index in [0.717, 1.165) is 5.56 Å². The largest absolute Gasteiger partial charge is 0.348 e. The number of benzene rings is 1. The van der Waals surface area contributed by atoms with Crippen LogP contribution in [0.5, 0.6) is 0 Å². The number of halogens is 1. The first-order chi connectivity index (χ1) is 8.82. The van der Waals surface area contributed by atoms with Gasteiger partial charge in [0.15, 0.2) is 0 Å². The molecule has 1 aromatic carbocycles. The Morgan fingerprint density at radius 2 is 1.95 bits per heavy atom. The summed E-state index contributed by atoms with van der Waals surface area (Å²) >= 11 is 5.83. The van der Waals surface area contributed by atoms with Gasteiger partial charge in [-0.05, 0) is 36.5 Å². The number of hydrogen-bond donors (Lipinski definition) is 1. The molecule has 1 saturated carbocycles. The van der Waals surface area contributed by atoms with Crippen molar-refractivity contribution in [2.75, 3.05) is 0 Å². The van der Waals surface area contributed by atoms with Crippen molar-refractivity contribution in [1.29, 1.82) is 5.26 Å². The van der Waals surface area contributed by atoms with Crippen LogP contribution in [0.2, 0.25) is 5.02 Å². The topological polar surface area (TPSA) is 52.9 Å². The van der Waals surface area contributed by atoms with Crippen molar-refractivity contribution in [3.63, 3.8) is 0 Å². The average Bonchev–Trinajstić information content (AvgIpc) is 2.93. The second-order valence-electron chi connectivity index (χ2n) is 5.82. The third kappa shape index (κ3) is 2.33. The third-order valence-corrected chi connectivity index (χ3v) is 4.29. The molecule has 2 atom stereocenters. The highest BCUT2D eigenvalue weighted by Crippen LogP contribution is 2.63. The number of nitrogens with zero attached hydrogens (tertiary/aromatic N) is 1. The van der Waals surface area contributed by atoms with Gasteiger partial charge in [-0.15, -0.1) is 0 Å². The molecule has 2 rings (SSSR count). The van der Waals surface area contributed by atoms with Crippen molar-refractivity contribution in [1.82, 2.24) is 5.32 Å². The lowest BCUT2D eigenvalue weighted by molar-refractivity contribution is -0.126. The number of nitrogens with one attached hydrogen (secondary N) is 1. The molecule has 1 amide bonds. The summed E-state index contributed by atoms with van der Waals surface area (Å²) < 4.78 is 0.